The molecule has 0 spiro atoms. The van der Waals surface area contributed by atoms with Crippen molar-refractivity contribution in [2.45, 2.75) is 79.7 Å². The van der Waals surface area contributed by atoms with Crippen molar-refractivity contribution in [2.75, 3.05) is 0 Å². The number of fused-ring (bicyclic) bond motifs is 1. The van der Waals surface area contributed by atoms with Gasteiger partial charge in [-0.05, 0) is 64.9 Å². The number of carbonyl (C=O) groups is 1. The second kappa shape index (κ2) is 12.3. The van der Waals surface area contributed by atoms with E-state index in [2.05, 4.69) is 56.7 Å². The van der Waals surface area contributed by atoms with Gasteiger partial charge in [0.15, 0.2) is 16.9 Å². The van der Waals surface area contributed by atoms with E-state index >= 15 is 0 Å². The molecule has 0 aliphatic rings. The van der Waals surface area contributed by atoms with E-state index < -0.39 is 0 Å². The maximum absolute atomic E-state index is 12.1. The minimum Gasteiger partial charge on any atom is -0.321 e. The number of hydrogen-bond donors (Lipinski definition) is 0. The lowest BCUT2D eigenvalue weighted by Gasteiger charge is -2.05. The molecule has 0 amide bonds. The fraction of sp³-hybridized carbons (Fsp3) is 0.538. The highest BCUT2D eigenvalue weighted by Crippen LogP contribution is 2.15. The van der Waals surface area contributed by atoms with Crippen molar-refractivity contribution in [1.82, 2.24) is 19.1 Å². The van der Waals surface area contributed by atoms with E-state index in [1.54, 1.807) is 10.9 Å². The van der Waals surface area contributed by atoms with Crippen LogP contribution in [0.5, 0.6) is 0 Å². The fourth-order valence-electron chi connectivity index (χ4n) is 3.70. The van der Waals surface area contributed by atoms with Crippen LogP contribution in [-0.2, 0) is 18.4 Å². The Morgan fingerprint density at radius 1 is 1.00 bits per heavy atom. The van der Waals surface area contributed by atoms with Crippen molar-refractivity contribution in [3.63, 3.8) is 0 Å². The number of imidazole rings is 1. The van der Waals surface area contributed by atoms with E-state index in [0.717, 1.165) is 32.1 Å². The van der Waals surface area contributed by atoms with Crippen molar-refractivity contribution < 1.29 is 4.79 Å². The molecule has 0 N–H and O–H groups in total. The molecule has 6 heteroatoms. The maximum atomic E-state index is 12.1. The third-order valence-electron chi connectivity index (χ3n) is 5.53. The molecule has 0 unspecified atom stereocenters. The molecule has 174 valence electrons. The monoisotopic (exact) mass is 438 g/mol. The molecule has 0 bridgehead atoms. The first-order valence-corrected chi connectivity index (χ1v) is 11.5. The van der Waals surface area contributed by atoms with E-state index in [1.165, 1.54) is 23.0 Å². The van der Waals surface area contributed by atoms with Crippen molar-refractivity contribution in [3.05, 3.63) is 58.0 Å². The summed E-state index contributed by atoms with van der Waals surface area (Å²) in [5.41, 5.74) is 4.83. The summed E-state index contributed by atoms with van der Waals surface area (Å²) in [6.07, 6.45) is 15.2. The van der Waals surface area contributed by atoms with Crippen LogP contribution in [0.4, 0.5) is 0 Å². The molecule has 0 fully saturated rings. The molecule has 0 saturated carbocycles. The third kappa shape index (κ3) is 8.06. The second-order valence-electron chi connectivity index (χ2n) is 9.28. The standard InChI is InChI=1S/C26H38N4O2/c1-19(2)15-23(31)16-22(5)12-8-10-20(3)9-7-11-21(4)13-14-30-18-27-25-24(30)26(32)28-17-29(25)6/h9,13,16-19H,7-8,10-12,14-15H2,1-6H3/b20-9+,21-13+,22-16+. The summed E-state index contributed by atoms with van der Waals surface area (Å²) in [6.45, 7) is 11.1. The number of aryl methyl sites for hydroxylation is 1. The zero-order valence-corrected chi connectivity index (χ0v) is 20.5. The first-order valence-electron chi connectivity index (χ1n) is 11.5. The van der Waals surface area contributed by atoms with Crippen LogP contribution in [0.25, 0.3) is 11.2 Å². The van der Waals surface area contributed by atoms with Crippen LogP contribution in [0, 0.1) is 5.92 Å². The zero-order valence-electron chi connectivity index (χ0n) is 20.5. The van der Waals surface area contributed by atoms with Gasteiger partial charge in [-0.1, -0.05) is 42.7 Å². The summed E-state index contributed by atoms with van der Waals surface area (Å²) in [4.78, 5) is 32.2. The summed E-state index contributed by atoms with van der Waals surface area (Å²) in [7, 11) is 1.84. The Morgan fingerprint density at radius 3 is 2.41 bits per heavy atom. The van der Waals surface area contributed by atoms with Gasteiger partial charge in [-0.3, -0.25) is 9.59 Å². The van der Waals surface area contributed by atoms with E-state index in [-0.39, 0.29) is 11.3 Å². The van der Waals surface area contributed by atoms with Crippen LogP contribution in [0.1, 0.15) is 73.1 Å². The number of ketones is 1. The van der Waals surface area contributed by atoms with Gasteiger partial charge in [0.25, 0.3) is 5.56 Å². The fourth-order valence-corrected chi connectivity index (χ4v) is 3.70. The molecule has 0 radical (unpaired) electrons. The Balaban J connectivity index is 1.78. The number of nitrogens with zero attached hydrogens (tertiary/aromatic N) is 4. The normalized spacial score (nSPS) is 13.4. The Hall–Kier alpha value is -2.76. The highest BCUT2D eigenvalue weighted by Gasteiger charge is 2.08. The number of allylic oxidation sites excluding steroid dienone is 6. The summed E-state index contributed by atoms with van der Waals surface area (Å²) in [6, 6.07) is 0. The SMILES string of the molecule is C/C(=C\Cn1cnc2c1c(=O)ncn2C)CC/C=C(\C)CCC/C(C)=C/C(=O)CC(C)C. The molecule has 2 aromatic heterocycles. The van der Waals surface area contributed by atoms with Crippen LogP contribution < -0.4 is 5.56 Å². The first kappa shape index (κ1) is 25.5. The summed E-state index contributed by atoms with van der Waals surface area (Å²) in [5.74, 6) is 0.658. The molecule has 32 heavy (non-hydrogen) atoms. The first-order chi connectivity index (χ1) is 15.2. The van der Waals surface area contributed by atoms with Crippen molar-refractivity contribution in [2.24, 2.45) is 13.0 Å². The minimum atomic E-state index is -0.241. The van der Waals surface area contributed by atoms with Gasteiger partial charge in [-0.15, -0.1) is 0 Å². The summed E-state index contributed by atoms with van der Waals surface area (Å²) >= 11 is 0. The Bertz CT molecular complexity index is 1070. The minimum absolute atomic E-state index is 0.241. The van der Waals surface area contributed by atoms with Gasteiger partial charge in [-0.2, -0.15) is 4.98 Å². The molecular weight excluding hydrogens is 400 g/mol. The van der Waals surface area contributed by atoms with Gasteiger partial charge in [-0.25, -0.2) is 4.98 Å². The number of hydrogen-bond acceptors (Lipinski definition) is 4. The quantitative estimate of drug-likeness (QED) is 0.322. The predicted octanol–water partition coefficient (Wildman–Crippen LogP) is 5.53. The topological polar surface area (TPSA) is 69.8 Å². The van der Waals surface area contributed by atoms with Gasteiger partial charge in [0, 0.05) is 20.0 Å². The van der Waals surface area contributed by atoms with Gasteiger partial charge >= 0.3 is 0 Å². The lowest BCUT2D eigenvalue weighted by atomic mass is 10.0. The highest BCUT2D eigenvalue weighted by molar-refractivity contribution is 5.90. The maximum Gasteiger partial charge on any atom is 0.298 e. The van der Waals surface area contributed by atoms with Crippen molar-refractivity contribution >= 4 is 16.9 Å². The molecule has 2 heterocycles. The van der Waals surface area contributed by atoms with Crippen LogP contribution in [0.15, 0.2) is 52.4 Å². The molecule has 2 aromatic rings. The molecule has 0 saturated heterocycles. The van der Waals surface area contributed by atoms with Crippen molar-refractivity contribution in [1.29, 1.82) is 0 Å². The van der Waals surface area contributed by atoms with Crippen LogP contribution in [0.2, 0.25) is 0 Å². The van der Waals surface area contributed by atoms with Crippen molar-refractivity contribution in [3.8, 4) is 0 Å². The Labute approximate surface area is 191 Å². The summed E-state index contributed by atoms with van der Waals surface area (Å²) in [5, 5.41) is 0. The predicted molar refractivity (Wildman–Crippen MR) is 132 cm³/mol. The molecule has 0 aliphatic heterocycles. The zero-order chi connectivity index (χ0) is 23.7. The number of rotatable bonds is 12. The molecule has 0 atom stereocenters. The average molecular weight is 439 g/mol. The lowest BCUT2D eigenvalue weighted by Crippen LogP contribution is -2.13. The molecule has 0 aromatic carbocycles. The lowest BCUT2D eigenvalue weighted by molar-refractivity contribution is -0.115. The second-order valence-corrected chi connectivity index (χ2v) is 9.28. The van der Waals surface area contributed by atoms with E-state index in [9.17, 15) is 9.59 Å². The molecule has 2 rings (SSSR count). The molecular formula is C26H38N4O2. The van der Waals surface area contributed by atoms with Crippen LogP contribution in [0.3, 0.4) is 0 Å². The molecule has 6 nitrogen and oxygen atoms in total. The van der Waals surface area contributed by atoms with Gasteiger partial charge in [0.2, 0.25) is 0 Å². The van der Waals surface area contributed by atoms with Crippen LogP contribution >= 0.6 is 0 Å². The average Bonchev–Trinajstić information content (AvgIpc) is 3.14. The van der Waals surface area contributed by atoms with Crippen LogP contribution in [-0.4, -0.2) is 24.9 Å². The number of aromatic nitrogens is 4. The third-order valence-corrected chi connectivity index (χ3v) is 5.53. The smallest absolute Gasteiger partial charge is 0.298 e. The number of carbonyl (C=O) groups excluding carboxylic acids is 1. The largest absolute Gasteiger partial charge is 0.321 e. The molecule has 0 aliphatic carbocycles. The van der Waals surface area contributed by atoms with E-state index in [4.69, 9.17) is 0 Å². The Kier molecular flexibility index (Phi) is 9.82. The van der Waals surface area contributed by atoms with Gasteiger partial charge in [0.1, 0.15) is 6.33 Å². The summed E-state index contributed by atoms with van der Waals surface area (Å²) < 4.78 is 3.62. The van der Waals surface area contributed by atoms with Gasteiger partial charge < -0.3 is 9.13 Å². The van der Waals surface area contributed by atoms with E-state index in [0.29, 0.717) is 30.0 Å². The Morgan fingerprint density at radius 2 is 1.69 bits per heavy atom. The highest BCUT2D eigenvalue weighted by atomic mass is 16.1. The van der Waals surface area contributed by atoms with E-state index in [1.807, 2.05) is 17.7 Å². The van der Waals surface area contributed by atoms with Gasteiger partial charge in [0.05, 0.1) is 6.33 Å².